The molecule has 0 aromatic heterocycles. The van der Waals surface area contributed by atoms with E-state index in [1.807, 2.05) is 68.4 Å². The molecule has 1 fully saturated rings. The van der Waals surface area contributed by atoms with Crippen molar-refractivity contribution < 1.29 is 33.3 Å². The van der Waals surface area contributed by atoms with E-state index in [4.69, 9.17) is 18.9 Å². The molecule has 0 radical (unpaired) electrons. The minimum Gasteiger partial charge on any atom is -0.458 e. The van der Waals surface area contributed by atoms with E-state index in [0.717, 1.165) is 29.9 Å². The van der Waals surface area contributed by atoms with Gasteiger partial charge in [-0.05, 0) is 56.4 Å². The molecule has 1 aliphatic heterocycles. The molecule has 2 aromatic carbocycles. The van der Waals surface area contributed by atoms with Crippen molar-refractivity contribution in [2.75, 3.05) is 38.3 Å². The van der Waals surface area contributed by atoms with Crippen LogP contribution in [0.2, 0.25) is 0 Å². The monoisotopic (exact) mass is 568 g/mol. The van der Waals surface area contributed by atoms with Crippen molar-refractivity contribution in [1.82, 2.24) is 4.90 Å². The third-order valence-corrected chi connectivity index (χ3v) is 6.59. The molecule has 2 aromatic rings. The highest BCUT2D eigenvalue weighted by molar-refractivity contribution is 5.85. The van der Waals surface area contributed by atoms with Crippen LogP contribution in [0, 0.1) is 5.92 Å². The summed E-state index contributed by atoms with van der Waals surface area (Å²) < 4.78 is 22.3. The van der Waals surface area contributed by atoms with Crippen LogP contribution in [0.1, 0.15) is 52.2 Å². The first-order valence-corrected chi connectivity index (χ1v) is 14.2. The van der Waals surface area contributed by atoms with Crippen molar-refractivity contribution in [3.63, 3.8) is 0 Å². The Labute approximate surface area is 243 Å². The Bertz CT molecular complexity index is 1120. The Kier molecular flexibility index (Phi) is 11.6. The van der Waals surface area contributed by atoms with Crippen molar-refractivity contribution >= 4 is 23.7 Å². The normalized spacial score (nSPS) is 15.1. The van der Waals surface area contributed by atoms with Crippen LogP contribution < -0.4 is 4.90 Å². The number of nitrogens with zero attached hydrogens (tertiary/aromatic N) is 2. The molecule has 3 rings (SSSR count). The molecule has 1 unspecified atom stereocenters. The average Bonchev–Trinajstić information content (AvgIpc) is 2.94. The van der Waals surface area contributed by atoms with Crippen molar-refractivity contribution in [2.24, 2.45) is 5.92 Å². The second-order valence-corrected chi connectivity index (χ2v) is 11.7. The second kappa shape index (κ2) is 14.9. The standard InChI is InChI=1S/C32H44N2O7/c1-23(2)20-27(33(6)31(37)41-32(3,4)5)29(35)40-28(30(36)39-22-25-10-8-7-9-11-25)21-24-12-14-26(15-13-24)34-16-18-38-19-17-34/h7-15,23,27-28H,16-22H2,1-6H3/t27-,28?/m1/s1. The molecule has 0 spiro atoms. The molecular formula is C32H44N2O7. The van der Waals surface area contributed by atoms with Crippen molar-refractivity contribution in [2.45, 2.75) is 71.8 Å². The minimum absolute atomic E-state index is 0.0525. The summed E-state index contributed by atoms with van der Waals surface area (Å²) in [4.78, 5) is 43.1. The molecule has 1 amide bonds. The van der Waals surface area contributed by atoms with Crippen molar-refractivity contribution in [1.29, 1.82) is 0 Å². The van der Waals surface area contributed by atoms with Crippen LogP contribution in [-0.2, 0) is 41.6 Å². The Morgan fingerprint density at radius 2 is 1.56 bits per heavy atom. The maximum absolute atomic E-state index is 13.5. The Morgan fingerprint density at radius 3 is 2.15 bits per heavy atom. The first-order chi connectivity index (χ1) is 19.4. The number of esters is 2. The lowest BCUT2D eigenvalue weighted by Crippen LogP contribution is -2.47. The van der Waals surface area contributed by atoms with Crippen LogP contribution in [-0.4, -0.2) is 74.0 Å². The number of carbonyl (C=O) groups is 3. The lowest BCUT2D eigenvalue weighted by molar-refractivity contribution is -0.171. The van der Waals surface area contributed by atoms with Crippen molar-refractivity contribution in [3.05, 3.63) is 65.7 Å². The highest BCUT2D eigenvalue weighted by Gasteiger charge is 2.35. The summed E-state index contributed by atoms with van der Waals surface area (Å²) in [5.74, 6) is -1.25. The van der Waals surface area contributed by atoms with Gasteiger partial charge in [0.05, 0.1) is 13.2 Å². The third kappa shape index (κ3) is 10.4. The van der Waals surface area contributed by atoms with Gasteiger partial charge in [0.1, 0.15) is 18.2 Å². The zero-order chi connectivity index (χ0) is 30.0. The summed E-state index contributed by atoms with van der Waals surface area (Å²) in [6, 6.07) is 16.2. The highest BCUT2D eigenvalue weighted by atomic mass is 16.6. The smallest absolute Gasteiger partial charge is 0.410 e. The molecule has 224 valence electrons. The molecule has 0 bridgehead atoms. The maximum Gasteiger partial charge on any atom is 0.410 e. The number of likely N-dealkylation sites (N-methyl/N-ethyl adjacent to an activating group) is 1. The van der Waals surface area contributed by atoms with Gasteiger partial charge in [-0.3, -0.25) is 4.90 Å². The largest absolute Gasteiger partial charge is 0.458 e. The van der Waals surface area contributed by atoms with E-state index in [-0.39, 0.29) is 18.9 Å². The van der Waals surface area contributed by atoms with Gasteiger partial charge < -0.3 is 23.8 Å². The molecule has 1 heterocycles. The van der Waals surface area contributed by atoms with Crippen LogP contribution >= 0.6 is 0 Å². The predicted molar refractivity (Wildman–Crippen MR) is 157 cm³/mol. The molecule has 9 nitrogen and oxygen atoms in total. The number of hydrogen-bond donors (Lipinski definition) is 0. The van der Waals surface area contributed by atoms with Gasteiger partial charge in [0.15, 0.2) is 0 Å². The van der Waals surface area contributed by atoms with Crippen LogP contribution in [0.5, 0.6) is 0 Å². The summed E-state index contributed by atoms with van der Waals surface area (Å²) in [7, 11) is 1.51. The van der Waals surface area contributed by atoms with E-state index in [2.05, 4.69) is 4.90 Å². The molecule has 0 N–H and O–H groups in total. The van der Waals surface area contributed by atoms with Gasteiger partial charge in [0.2, 0.25) is 6.10 Å². The van der Waals surface area contributed by atoms with Crippen LogP contribution in [0.4, 0.5) is 10.5 Å². The number of morpholine rings is 1. The first-order valence-electron chi connectivity index (χ1n) is 14.2. The highest BCUT2D eigenvalue weighted by Crippen LogP contribution is 2.21. The first kappa shape index (κ1) is 31.9. The zero-order valence-electron chi connectivity index (χ0n) is 25.1. The van der Waals surface area contributed by atoms with Gasteiger partial charge in [-0.25, -0.2) is 14.4 Å². The molecule has 0 saturated carbocycles. The van der Waals surface area contributed by atoms with Gasteiger partial charge in [0.25, 0.3) is 0 Å². The maximum atomic E-state index is 13.5. The number of rotatable bonds is 11. The summed E-state index contributed by atoms with van der Waals surface area (Å²) in [6.07, 6.45) is -1.36. The van der Waals surface area contributed by atoms with E-state index in [1.54, 1.807) is 20.8 Å². The van der Waals surface area contributed by atoms with Gasteiger partial charge in [-0.15, -0.1) is 0 Å². The third-order valence-electron chi connectivity index (χ3n) is 6.59. The van der Waals surface area contributed by atoms with Gasteiger partial charge in [-0.2, -0.15) is 0 Å². The second-order valence-electron chi connectivity index (χ2n) is 11.7. The molecule has 1 saturated heterocycles. The molecule has 41 heavy (non-hydrogen) atoms. The number of benzene rings is 2. The van der Waals surface area contributed by atoms with E-state index in [9.17, 15) is 14.4 Å². The van der Waals surface area contributed by atoms with Crippen LogP contribution in [0.3, 0.4) is 0 Å². The molecule has 1 aliphatic rings. The predicted octanol–water partition coefficient (Wildman–Crippen LogP) is 5.00. The summed E-state index contributed by atoms with van der Waals surface area (Å²) in [5, 5.41) is 0. The zero-order valence-corrected chi connectivity index (χ0v) is 25.1. The van der Waals surface area contributed by atoms with Crippen molar-refractivity contribution in [3.8, 4) is 0 Å². The minimum atomic E-state index is -1.19. The fraction of sp³-hybridized carbons (Fsp3) is 0.531. The van der Waals surface area contributed by atoms with Gasteiger partial charge in [-0.1, -0.05) is 56.3 Å². The number of ether oxygens (including phenoxy) is 4. The van der Waals surface area contributed by atoms with Gasteiger partial charge >= 0.3 is 18.0 Å². The topological polar surface area (TPSA) is 94.6 Å². The Balaban J connectivity index is 1.78. The Hall–Kier alpha value is -3.59. The van der Waals surface area contributed by atoms with Crippen LogP contribution in [0.25, 0.3) is 0 Å². The van der Waals surface area contributed by atoms with Crippen LogP contribution in [0.15, 0.2) is 54.6 Å². The Morgan fingerprint density at radius 1 is 0.927 bits per heavy atom. The fourth-order valence-electron chi connectivity index (χ4n) is 4.41. The lowest BCUT2D eigenvalue weighted by atomic mass is 10.0. The lowest BCUT2D eigenvalue weighted by Gasteiger charge is -2.31. The summed E-state index contributed by atoms with van der Waals surface area (Å²) >= 11 is 0. The summed E-state index contributed by atoms with van der Waals surface area (Å²) in [5.41, 5.74) is 1.98. The average molecular weight is 569 g/mol. The number of carbonyl (C=O) groups excluding carboxylic acids is 3. The quantitative estimate of drug-likeness (QED) is 0.276. The molecule has 2 atom stereocenters. The van der Waals surface area contributed by atoms with E-state index in [0.29, 0.717) is 19.6 Å². The van der Waals surface area contributed by atoms with E-state index < -0.39 is 35.8 Å². The van der Waals surface area contributed by atoms with E-state index in [1.165, 1.54) is 11.9 Å². The van der Waals surface area contributed by atoms with E-state index >= 15 is 0 Å². The van der Waals surface area contributed by atoms with Gasteiger partial charge in [0, 0.05) is 32.2 Å². The fourth-order valence-corrected chi connectivity index (χ4v) is 4.41. The molecule has 0 aliphatic carbocycles. The SMILES string of the molecule is CC(C)C[C@H](C(=O)OC(Cc1ccc(N2CCOCC2)cc1)C(=O)OCc1ccccc1)N(C)C(=O)OC(C)(C)C. The summed E-state index contributed by atoms with van der Waals surface area (Å²) in [6.45, 7) is 12.2. The number of anilines is 1. The molecular weight excluding hydrogens is 524 g/mol. The number of amides is 1. The number of hydrogen-bond acceptors (Lipinski definition) is 8. The molecule has 9 heteroatoms.